The number of hydrogen-bond donors (Lipinski definition) is 1. The second-order valence-electron chi connectivity index (χ2n) is 4.88. The lowest BCUT2D eigenvalue weighted by atomic mass is 10.0. The van der Waals surface area contributed by atoms with Crippen LogP contribution in [0.1, 0.15) is 17.3 Å². The van der Waals surface area contributed by atoms with Gasteiger partial charge in [0, 0.05) is 37.4 Å². The fourth-order valence-corrected chi connectivity index (χ4v) is 2.48. The summed E-state index contributed by atoms with van der Waals surface area (Å²) in [7, 11) is 0. The van der Waals surface area contributed by atoms with Crippen LogP contribution >= 0.6 is 0 Å². The first-order chi connectivity index (χ1) is 9.33. The molecular weight excluding hydrogens is 236 g/mol. The van der Waals surface area contributed by atoms with E-state index in [2.05, 4.69) is 50.5 Å². The maximum absolute atomic E-state index is 4.38. The lowest BCUT2D eigenvalue weighted by Gasteiger charge is -2.34. The van der Waals surface area contributed by atoms with E-state index >= 15 is 0 Å². The van der Waals surface area contributed by atoms with E-state index in [0.29, 0.717) is 6.04 Å². The first-order valence-corrected chi connectivity index (χ1v) is 6.65. The molecule has 0 amide bonds. The molecule has 1 N–H and O–H groups in total. The molecule has 2 heterocycles. The largest absolute Gasteiger partial charge is 0.353 e. The van der Waals surface area contributed by atoms with E-state index in [1.54, 1.807) is 6.33 Å². The van der Waals surface area contributed by atoms with Gasteiger partial charge in [-0.05, 0) is 12.5 Å². The summed E-state index contributed by atoms with van der Waals surface area (Å²) in [6.07, 6.45) is 1.64. The first kappa shape index (κ1) is 12.1. The van der Waals surface area contributed by atoms with Gasteiger partial charge in [0.05, 0.1) is 0 Å². The molecule has 1 fully saturated rings. The molecule has 1 atom stereocenters. The van der Waals surface area contributed by atoms with Crippen molar-refractivity contribution in [3.8, 4) is 0 Å². The minimum Gasteiger partial charge on any atom is -0.353 e. The van der Waals surface area contributed by atoms with Crippen LogP contribution in [-0.2, 0) is 0 Å². The van der Waals surface area contributed by atoms with E-state index in [0.717, 1.165) is 31.1 Å². The summed E-state index contributed by atoms with van der Waals surface area (Å²) in [4.78, 5) is 10.9. The third kappa shape index (κ3) is 2.74. The molecular formula is C15H18N4. The van der Waals surface area contributed by atoms with Gasteiger partial charge in [-0.2, -0.15) is 0 Å². The molecule has 98 valence electrons. The van der Waals surface area contributed by atoms with Gasteiger partial charge in [-0.3, -0.25) is 0 Å². The molecule has 1 aliphatic rings. The normalized spacial score (nSPS) is 19.4. The number of benzene rings is 1. The Balaban J connectivity index is 1.78. The van der Waals surface area contributed by atoms with Gasteiger partial charge in [-0.15, -0.1) is 0 Å². The van der Waals surface area contributed by atoms with Crippen molar-refractivity contribution in [2.45, 2.75) is 13.0 Å². The molecule has 0 saturated carbocycles. The van der Waals surface area contributed by atoms with Crippen LogP contribution in [0.4, 0.5) is 5.82 Å². The van der Waals surface area contributed by atoms with Crippen molar-refractivity contribution in [3.05, 3.63) is 54.0 Å². The number of aromatic nitrogens is 2. The quantitative estimate of drug-likeness (QED) is 0.889. The summed E-state index contributed by atoms with van der Waals surface area (Å²) in [5.41, 5.74) is 2.35. The summed E-state index contributed by atoms with van der Waals surface area (Å²) in [6.45, 7) is 4.91. The Hall–Kier alpha value is -1.94. The molecule has 2 aromatic rings. The zero-order valence-electron chi connectivity index (χ0n) is 11.1. The van der Waals surface area contributed by atoms with Crippen LogP contribution in [0.15, 0.2) is 42.7 Å². The van der Waals surface area contributed by atoms with Gasteiger partial charge in [-0.25, -0.2) is 9.97 Å². The second kappa shape index (κ2) is 5.36. The average Bonchev–Trinajstić information content (AvgIpc) is 2.48. The fraction of sp³-hybridized carbons (Fsp3) is 0.333. The monoisotopic (exact) mass is 254 g/mol. The minimum absolute atomic E-state index is 0.366. The van der Waals surface area contributed by atoms with Crippen molar-refractivity contribution in [1.82, 2.24) is 15.3 Å². The van der Waals surface area contributed by atoms with E-state index in [1.165, 1.54) is 5.56 Å². The molecule has 3 rings (SSSR count). The smallest absolute Gasteiger partial charge is 0.132 e. The van der Waals surface area contributed by atoms with Crippen LogP contribution in [0, 0.1) is 6.92 Å². The number of piperazine rings is 1. The summed E-state index contributed by atoms with van der Waals surface area (Å²) < 4.78 is 0. The lowest BCUT2D eigenvalue weighted by molar-refractivity contribution is 0.469. The van der Waals surface area contributed by atoms with Crippen molar-refractivity contribution in [2.24, 2.45) is 0 Å². The molecule has 4 heteroatoms. The number of aryl methyl sites for hydroxylation is 1. The van der Waals surface area contributed by atoms with Crippen LogP contribution in [0.3, 0.4) is 0 Å². The highest BCUT2D eigenvalue weighted by molar-refractivity contribution is 5.40. The highest BCUT2D eigenvalue weighted by Gasteiger charge is 2.21. The highest BCUT2D eigenvalue weighted by Crippen LogP contribution is 2.20. The number of nitrogens with one attached hydrogen (secondary N) is 1. The molecule has 0 spiro atoms. The number of hydrogen-bond acceptors (Lipinski definition) is 4. The van der Waals surface area contributed by atoms with Crippen molar-refractivity contribution >= 4 is 5.82 Å². The predicted molar refractivity (Wildman–Crippen MR) is 76.2 cm³/mol. The van der Waals surface area contributed by atoms with Crippen molar-refractivity contribution < 1.29 is 0 Å². The fourth-order valence-electron chi connectivity index (χ4n) is 2.48. The van der Waals surface area contributed by atoms with Crippen LogP contribution in [0.2, 0.25) is 0 Å². The molecule has 0 radical (unpaired) electrons. The molecule has 1 aromatic carbocycles. The van der Waals surface area contributed by atoms with Gasteiger partial charge in [0.25, 0.3) is 0 Å². The highest BCUT2D eigenvalue weighted by atomic mass is 15.2. The van der Waals surface area contributed by atoms with E-state index in [9.17, 15) is 0 Å². The van der Waals surface area contributed by atoms with E-state index in [4.69, 9.17) is 0 Å². The molecule has 19 heavy (non-hydrogen) atoms. The third-order valence-electron chi connectivity index (χ3n) is 3.49. The Kier molecular flexibility index (Phi) is 3.42. The Morgan fingerprint density at radius 3 is 2.84 bits per heavy atom. The molecule has 1 aromatic heterocycles. The van der Waals surface area contributed by atoms with Crippen molar-refractivity contribution in [2.75, 3.05) is 24.5 Å². The van der Waals surface area contributed by atoms with Gasteiger partial charge in [0.2, 0.25) is 0 Å². The van der Waals surface area contributed by atoms with Crippen LogP contribution < -0.4 is 10.2 Å². The third-order valence-corrected chi connectivity index (χ3v) is 3.49. The van der Waals surface area contributed by atoms with Gasteiger partial charge < -0.3 is 10.2 Å². The van der Waals surface area contributed by atoms with Gasteiger partial charge in [-0.1, -0.05) is 30.3 Å². The minimum atomic E-state index is 0.366. The summed E-state index contributed by atoms with van der Waals surface area (Å²) in [6, 6.07) is 13.0. The molecule has 1 saturated heterocycles. The Bertz CT molecular complexity index is 541. The van der Waals surface area contributed by atoms with Crippen molar-refractivity contribution in [3.63, 3.8) is 0 Å². The van der Waals surface area contributed by atoms with E-state index < -0.39 is 0 Å². The first-order valence-electron chi connectivity index (χ1n) is 6.65. The van der Waals surface area contributed by atoms with Crippen LogP contribution in [0.5, 0.6) is 0 Å². The molecule has 4 nitrogen and oxygen atoms in total. The Labute approximate surface area is 113 Å². The SMILES string of the molecule is Cc1cc(N2CCNC(c3ccccc3)C2)ncn1. The lowest BCUT2D eigenvalue weighted by Crippen LogP contribution is -2.46. The average molecular weight is 254 g/mol. The van der Waals surface area contributed by atoms with E-state index in [1.807, 2.05) is 13.0 Å². The maximum atomic E-state index is 4.38. The van der Waals surface area contributed by atoms with Gasteiger partial charge in [0.15, 0.2) is 0 Å². The zero-order valence-corrected chi connectivity index (χ0v) is 11.1. The summed E-state index contributed by atoms with van der Waals surface area (Å²) >= 11 is 0. The molecule has 1 aliphatic heterocycles. The summed E-state index contributed by atoms with van der Waals surface area (Å²) in [5.74, 6) is 1.02. The van der Waals surface area contributed by atoms with Crippen molar-refractivity contribution in [1.29, 1.82) is 0 Å². The second-order valence-corrected chi connectivity index (χ2v) is 4.88. The number of anilines is 1. The molecule has 0 aliphatic carbocycles. The maximum Gasteiger partial charge on any atom is 0.132 e. The standard InChI is InChI=1S/C15H18N4/c1-12-9-15(18-11-17-12)19-8-7-16-14(10-19)13-5-3-2-4-6-13/h2-6,9,11,14,16H,7-8,10H2,1H3. The topological polar surface area (TPSA) is 41.0 Å². The van der Waals surface area contributed by atoms with Crippen LogP contribution in [-0.4, -0.2) is 29.6 Å². The summed E-state index contributed by atoms with van der Waals surface area (Å²) in [5, 5.41) is 3.56. The Morgan fingerprint density at radius 1 is 1.21 bits per heavy atom. The molecule has 1 unspecified atom stereocenters. The number of nitrogens with zero attached hydrogens (tertiary/aromatic N) is 3. The molecule has 0 bridgehead atoms. The van der Waals surface area contributed by atoms with Gasteiger partial charge in [0.1, 0.15) is 12.1 Å². The number of rotatable bonds is 2. The van der Waals surface area contributed by atoms with Gasteiger partial charge >= 0.3 is 0 Å². The van der Waals surface area contributed by atoms with Crippen LogP contribution in [0.25, 0.3) is 0 Å². The van der Waals surface area contributed by atoms with E-state index in [-0.39, 0.29) is 0 Å². The Morgan fingerprint density at radius 2 is 2.05 bits per heavy atom. The predicted octanol–water partition coefficient (Wildman–Crippen LogP) is 1.94. The zero-order chi connectivity index (χ0) is 13.1.